The van der Waals surface area contributed by atoms with Crippen LogP contribution >= 0.6 is 0 Å². The third-order valence-corrected chi connectivity index (χ3v) is 5.73. The summed E-state index contributed by atoms with van der Waals surface area (Å²) in [7, 11) is 0. The van der Waals surface area contributed by atoms with Gasteiger partial charge in [0, 0.05) is 37.6 Å². The molecular weight excluding hydrogens is 400 g/mol. The summed E-state index contributed by atoms with van der Waals surface area (Å²) in [5.41, 5.74) is 2.61. The monoisotopic (exact) mass is 427 g/mol. The predicted molar refractivity (Wildman–Crippen MR) is 117 cm³/mol. The molecule has 0 N–H and O–H groups in total. The molecule has 0 aliphatic carbocycles. The highest BCUT2D eigenvalue weighted by atomic mass is 19.1. The van der Waals surface area contributed by atoms with Gasteiger partial charge in [-0.25, -0.2) is 13.6 Å². The normalized spacial score (nSPS) is 19.0. The minimum Gasteiger partial charge on any atom is -0.447 e. The minimum atomic E-state index is -0.564. The highest BCUT2D eigenvalue weighted by Crippen LogP contribution is 2.33. The highest BCUT2D eigenvalue weighted by Gasteiger charge is 2.25. The molecule has 0 saturated carbocycles. The molecule has 4 rings (SSSR count). The second-order valence-corrected chi connectivity index (χ2v) is 8.23. The molecule has 1 unspecified atom stereocenters. The number of amides is 1. The number of halogens is 2. The van der Waals surface area contributed by atoms with E-state index in [4.69, 9.17) is 4.74 Å². The van der Waals surface area contributed by atoms with Crippen LogP contribution in [-0.2, 0) is 4.74 Å². The zero-order chi connectivity index (χ0) is 22.0. The number of aliphatic imine (C=N–C) groups is 1. The van der Waals surface area contributed by atoms with Gasteiger partial charge in [0.25, 0.3) is 0 Å². The first-order valence-electron chi connectivity index (χ1n) is 10.7. The summed E-state index contributed by atoms with van der Waals surface area (Å²) >= 11 is 0. The number of benzene rings is 2. The molecule has 0 bridgehead atoms. The van der Waals surface area contributed by atoms with Crippen molar-refractivity contribution in [1.29, 1.82) is 0 Å². The van der Waals surface area contributed by atoms with Crippen molar-refractivity contribution in [2.24, 2.45) is 4.99 Å². The van der Waals surface area contributed by atoms with Crippen molar-refractivity contribution in [3.8, 4) is 0 Å². The smallest absolute Gasteiger partial charge is 0.410 e. The lowest BCUT2D eigenvalue weighted by Crippen LogP contribution is -2.49. The first kappa shape index (κ1) is 21.3. The zero-order valence-electron chi connectivity index (χ0n) is 17.9. The van der Waals surface area contributed by atoms with Crippen molar-refractivity contribution in [2.75, 3.05) is 31.1 Å². The molecule has 2 heterocycles. The number of anilines is 1. The first-order valence-corrected chi connectivity index (χ1v) is 10.7. The van der Waals surface area contributed by atoms with E-state index >= 15 is 0 Å². The van der Waals surface area contributed by atoms with E-state index < -0.39 is 11.6 Å². The van der Waals surface area contributed by atoms with E-state index in [2.05, 4.69) is 22.0 Å². The standard InChI is InChI=1S/C24H27F2N3O2/c1-16(2)31-24(30)29-14-12-28(13-15-29)18-8-6-17(7-9-18)21-10-11-22(27-21)23-19(25)4-3-5-20(23)26/h3-9,16,21H,10-15H2,1-2H3. The summed E-state index contributed by atoms with van der Waals surface area (Å²) in [6.07, 6.45) is 0.913. The number of nitrogens with zero attached hydrogens (tertiary/aromatic N) is 3. The Morgan fingerprint density at radius 2 is 1.68 bits per heavy atom. The summed E-state index contributed by atoms with van der Waals surface area (Å²) in [5, 5.41) is 0. The van der Waals surface area contributed by atoms with Gasteiger partial charge in [0.2, 0.25) is 0 Å². The Morgan fingerprint density at radius 3 is 2.29 bits per heavy atom. The summed E-state index contributed by atoms with van der Waals surface area (Å²) in [6, 6.07) is 12.0. The van der Waals surface area contributed by atoms with Gasteiger partial charge < -0.3 is 14.5 Å². The number of hydrogen-bond donors (Lipinski definition) is 0. The van der Waals surface area contributed by atoms with Crippen molar-refractivity contribution in [3.63, 3.8) is 0 Å². The van der Waals surface area contributed by atoms with E-state index in [9.17, 15) is 13.6 Å². The largest absolute Gasteiger partial charge is 0.447 e. The Balaban J connectivity index is 1.39. The van der Waals surface area contributed by atoms with Crippen LogP contribution in [0.2, 0.25) is 0 Å². The van der Waals surface area contributed by atoms with Crippen molar-refractivity contribution < 1.29 is 18.3 Å². The number of carbonyl (C=O) groups excluding carboxylic acids is 1. The van der Waals surface area contributed by atoms with Gasteiger partial charge in [-0.3, -0.25) is 4.99 Å². The van der Waals surface area contributed by atoms with Gasteiger partial charge >= 0.3 is 6.09 Å². The van der Waals surface area contributed by atoms with E-state index in [1.807, 2.05) is 26.0 Å². The summed E-state index contributed by atoms with van der Waals surface area (Å²) in [4.78, 5) is 20.6. The molecule has 0 spiro atoms. The third kappa shape index (κ3) is 4.70. The Morgan fingerprint density at radius 1 is 1.03 bits per heavy atom. The first-order chi connectivity index (χ1) is 14.9. The number of hydrogen-bond acceptors (Lipinski definition) is 4. The Bertz CT molecular complexity index is 947. The van der Waals surface area contributed by atoms with Crippen LogP contribution in [0.15, 0.2) is 47.5 Å². The molecule has 2 aromatic rings. The van der Waals surface area contributed by atoms with Crippen LogP contribution in [0.1, 0.15) is 43.9 Å². The van der Waals surface area contributed by atoms with E-state index in [1.165, 1.54) is 18.2 Å². The molecule has 1 atom stereocenters. The molecule has 0 radical (unpaired) electrons. The lowest BCUT2D eigenvalue weighted by molar-refractivity contribution is 0.0751. The van der Waals surface area contributed by atoms with Crippen LogP contribution in [0.3, 0.4) is 0 Å². The number of ether oxygens (including phenoxy) is 1. The topological polar surface area (TPSA) is 45.1 Å². The van der Waals surface area contributed by atoms with Crippen molar-refractivity contribution >= 4 is 17.5 Å². The number of rotatable bonds is 4. The third-order valence-electron chi connectivity index (χ3n) is 5.73. The van der Waals surface area contributed by atoms with Gasteiger partial charge in [0.15, 0.2) is 0 Å². The summed E-state index contributed by atoms with van der Waals surface area (Å²) in [6.45, 7) is 6.42. The molecule has 2 aromatic carbocycles. The molecule has 1 saturated heterocycles. The molecule has 2 aliphatic rings. The molecule has 5 nitrogen and oxygen atoms in total. The van der Waals surface area contributed by atoms with E-state index in [1.54, 1.807) is 4.90 Å². The maximum atomic E-state index is 14.1. The molecule has 1 amide bonds. The van der Waals surface area contributed by atoms with Crippen molar-refractivity contribution in [3.05, 3.63) is 65.2 Å². The van der Waals surface area contributed by atoms with Crippen LogP contribution in [-0.4, -0.2) is 49.0 Å². The Kier molecular flexibility index (Phi) is 6.20. The second kappa shape index (κ2) is 9.04. The second-order valence-electron chi connectivity index (χ2n) is 8.23. The van der Waals surface area contributed by atoms with Crippen LogP contribution in [0.4, 0.5) is 19.3 Å². The molecule has 7 heteroatoms. The molecule has 2 aliphatic heterocycles. The average Bonchev–Trinajstić information content (AvgIpc) is 3.23. The van der Waals surface area contributed by atoms with Gasteiger partial charge in [0.05, 0.1) is 17.7 Å². The summed E-state index contributed by atoms with van der Waals surface area (Å²) in [5.74, 6) is -1.13. The lowest BCUT2D eigenvalue weighted by Gasteiger charge is -2.35. The van der Waals surface area contributed by atoms with Gasteiger partial charge in [-0.05, 0) is 56.5 Å². The fourth-order valence-corrected chi connectivity index (χ4v) is 4.13. The van der Waals surface area contributed by atoms with E-state index in [-0.39, 0.29) is 23.8 Å². The molecule has 31 heavy (non-hydrogen) atoms. The van der Waals surface area contributed by atoms with Gasteiger partial charge in [-0.15, -0.1) is 0 Å². The van der Waals surface area contributed by atoms with Crippen molar-refractivity contribution in [2.45, 2.75) is 38.8 Å². The lowest BCUT2D eigenvalue weighted by atomic mass is 10.0. The Labute approximate surface area is 181 Å². The molecule has 1 fully saturated rings. The molecular formula is C24H27F2N3O2. The fourth-order valence-electron chi connectivity index (χ4n) is 4.13. The molecule has 0 aromatic heterocycles. The SMILES string of the molecule is CC(C)OC(=O)N1CCN(c2ccc(C3CCC(c4c(F)cccc4F)=N3)cc2)CC1. The predicted octanol–water partition coefficient (Wildman–Crippen LogP) is 4.96. The fraction of sp³-hybridized carbons (Fsp3) is 0.417. The quantitative estimate of drug-likeness (QED) is 0.693. The zero-order valence-corrected chi connectivity index (χ0v) is 17.9. The van der Waals surface area contributed by atoms with E-state index in [0.717, 1.165) is 30.8 Å². The molecule has 164 valence electrons. The van der Waals surface area contributed by atoms with Gasteiger partial charge in [-0.2, -0.15) is 0 Å². The Hall–Kier alpha value is -2.96. The minimum absolute atomic E-state index is 0.00418. The average molecular weight is 427 g/mol. The number of carbonyl (C=O) groups is 1. The van der Waals surface area contributed by atoms with Gasteiger partial charge in [-0.1, -0.05) is 18.2 Å². The maximum absolute atomic E-state index is 14.1. The maximum Gasteiger partial charge on any atom is 0.410 e. The van der Waals surface area contributed by atoms with Crippen LogP contribution in [0, 0.1) is 11.6 Å². The van der Waals surface area contributed by atoms with Crippen molar-refractivity contribution in [1.82, 2.24) is 4.90 Å². The van der Waals surface area contributed by atoms with Gasteiger partial charge in [0.1, 0.15) is 11.6 Å². The van der Waals surface area contributed by atoms with Crippen LogP contribution in [0.5, 0.6) is 0 Å². The number of piperazine rings is 1. The highest BCUT2D eigenvalue weighted by molar-refractivity contribution is 6.02. The van der Waals surface area contributed by atoms with Crippen LogP contribution < -0.4 is 4.90 Å². The summed E-state index contributed by atoms with van der Waals surface area (Å²) < 4.78 is 33.4. The van der Waals surface area contributed by atoms with Crippen LogP contribution in [0.25, 0.3) is 0 Å². The van der Waals surface area contributed by atoms with E-state index in [0.29, 0.717) is 25.2 Å².